The molecule has 200 valence electrons. The van der Waals surface area contributed by atoms with Crippen molar-refractivity contribution in [2.24, 2.45) is 28.6 Å². The summed E-state index contributed by atoms with van der Waals surface area (Å²) in [6.45, 7) is 10.2. The van der Waals surface area contributed by atoms with Crippen LogP contribution in [0, 0.1) is 28.6 Å². The predicted molar refractivity (Wildman–Crippen MR) is 130 cm³/mol. The Morgan fingerprint density at radius 1 is 1.22 bits per heavy atom. The van der Waals surface area contributed by atoms with Crippen molar-refractivity contribution in [2.45, 2.75) is 97.1 Å². The number of ether oxygens (including phenoxy) is 2. The zero-order valence-corrected chi connectivity index (χ0v) is 22.2. The van der Waals surface area contributed by atoms with E-state index in [1.54, 1.807) is 19.1 Å². The Morgan fingerprint density at radius 2 is 1.89 bits per heavy atom. The number of hydrogen-bond donors (Lipinski definition) is 3. The van der Waals surface area contributed by atoms with Crippen LogP contribution in [0.25, 0.3) is 0 Å². The van der Waals surface area contributed by atoms with Crippen LogP contribution in [0.3, 0.4) is 0 Å². The van der Waals surface area contributed by atoms with Gasteiger partial charge in [0.2, 0.25) is 0 Å². The van der Waals surface area contributed by atoms with Gasteiger partial charge in [-0.25, -0.2) is 0 Å². The van der Waals surface area contributed by atoms with Crippen LogP contribution in [0.15, 0.2) is 23.3 Å². The number of esters is 2. The van der Waals surface area contributed by atoms with Gasteiger partial charge in [-0.2, -0.15) is 0 Å². The number of ketones is 1. The summed E-state index contributed by atoms with van der Waals surface area (Å²) >= 11 is 0. The van der Waals surface area contributed by atoms with Gasteiger partial charge in [0.05, 0.1) is 12.0 Å². The second-order valence-corrected chi connectivity index (χ2v) is 11.9. The number of unbranched alkanes of at least 4 members (excludes halogenated alkanes) is 2. The molecule has 8 heteroatoms. The number of allylic oxidation sites excluding steroid dienone is 1. The molecule has 2 unspecified atom stereocenters. The Morgan fingerprint density at radius 3 is 2.47 bits per heavy atom. The molecule has 8 nitrogen and oxygen atoms in total. The van der Waals surface area contributed by atoms with Crippen molar-refractivity contribution in [1.82, 2.24) is 0 Å². The number of aliphatic hydroxyl groups excluding tert-OH is 2. The Balaban J connectivity index is 1.85. The lowest BCUT2D eigenvalue weighted by molar-refractivity contribution is -0.204. The van der Waals surface area contributed by atoms with Gasteiger partial charge in [-0.1, -0.05) is 52.7 Å². The Bertz CT molecular complexity index is 1030. The van der Waals surface area contributed by atoms with Crippen molar-refractivity contribution in [2.75, 3.05) is 6.61 Å². The third-order valence-electron chi connectivity index (χ3n) is 9.58. The molecule has 2 saturated carbocycles. The molecular weight excluding hydrogens is 464 g/mol. The van der Waals surface area contributed by atoms with Crippen LogP contribution in [0.1, 0.15) is 73.6 Å². The van der Waals surface area contributed by atoms with Crippen LogP contribution in [0.2, 0.25) is 0 Å². The molecule has 0 saturated heterocycles. The van der Waals surface area contributed by atoms with E-state index in [1.807, 2.05) is 27.7 Å². The Labute approximate surface area is 212 Å². The molecule has 0 radical (unpaired) electrons. The monoisotopic (exact) mass is 504 g/mol. The minimum Gasteiger partial charge on any atom is -0.458 e. The molecule has 0 aromatic carbocycles. The second-order valence-electron chi connectivity index (χ2n) is 11.9. The molecule has 2 fully saturated rings. The van der Waals surface area contributed by atoms with Crippen molar-refractivity contribution in [3.05, 3.63) is 23.3 Å². The van der Waals surface area contributed by atoms with E-state index < -0.39 is 64.6 Å². The fourth-order valence-electron chi connectivity index (χ4n) is 7.86. The molecular formula is C28H40O8. The first-order chi connectivity index (χ1) is 16.8. The van der Waals surface area contributed by atoms with E-state index in [-0.39, 0.29) is 23.7 Å². The summed E-state index contributed by atoms with van der Waals surface area (Å²) in [5, 5.41) is 34.2. The van der Waals surface area contributed by atoms with E-state index in [9.17, 15) is 29.7 Å². The molecule has 0 amide bonds. The summed E-state index contributed by atoms with van der Waals surface area (Å²) in [4.78, 5) is 39.4. The zero-order chi connectivity index (χ0) is 26.8. The van der Waals surface area contributed by atoms with Crippen molar-refractivity contribution in [3.63, 3.8) is 0 Å². The summed E-state index contributed by atoms with van der Waals surface area (Å²) in [6, 6.07) is 0. The SMILES string of the molecule is CCCCCC(=O)O[C@H]1C(C)=CC23C(=O)[C@@H](C=C(CO)[C@@H](O)[C@]12O)[C@@H]1C(C)(C)[C@]1(OC(C)=O)CC3C. The maximum absolute atomic E-state index is 14.5. The van der Waals surface area contributed by atoms with Crippen LogP contribution >= 0.6 is 0 Å². The highest BCUT2D eigenvalue weighted by atomic mass is 16.6. The summed E-state index contributed by atoms with van der Waals surface area (Å²) in [5.74, 6) is -3.03. The van der Waals surface area contributed by atoms with Crippen LogP contribution in [0.4, 0.5) is 0 Å². The first kappa shape index (κ1) is 27.0. The highest BCUT2D eigenvalue weighted by Gasteiger charge is 2.83. The Kier molecular flexibility index (Phi) is 6.59. The average molecular weight is 505 g/mol. The van der Waals surface area contributed by atoms with Crippen LogP contribution in [-0.4, -0.2) is 63.1 Å². The lowest BCUT2D eigenvalue weighted by atomic mass is 9.59. The standard InChI is InChI=1S/C28H40O8/c1-7-8-9-10-20(31)35-24-15(2)12-26-16(3)13-27(36-17(4)30)21(25(27,5)6)19(23(26)33)11-18(14-29)22(32)28(24,26)34/h11-12,16,19,21-22,24,29,32,34H,7-10,13-14H2,1-6H3/t16?,19-,21+,22+,24-,26?,27-,28-/m0/s1. The first-order valence-corrected chi connectivity index (χ1v) is 13.1. The fraction of sp³-hybridized carbons (Fsp3) is 0.750. The molecule has 2 bridgehead atoms. The minimum absolute atomic E-state index is 0.0985. The van der Waals surface area contributed by atoms with Crippen LogP contribution < -0.4 is 0 Å². The van der Waals surface area contributed by atoms with Gasteiger partial charge in [-0.15, -0.1) is 0 Å². The van der Waals surface area contributed by atoms with Gasteiger partial charge in [0, 0.05) is 30.6 Å². The van der Waals surface area contributed by atoms with E-state index >= 15 is 0 Å². The van der Waals surface area contributed by atoms with E-state index in [1.165, 1.54) is 6.92 Å². The first-order valence-electron chi connectivity index (χ1n) is 13.1. The number of carbonyl (C=O) groups excluding carboxylic acids is 3. The average Bonchev–Trinajstić information content (AvgIpc) is 3.18. The summed E-state index contributed by atoms with van der Waals surface area (Å²) in [5.41, 5.74) is -4.69. The van der Waals surface area contributed by atoms with Crippen molar-refractivity contribution < 1.29 is 39.2 Å². The third kappa shape index (κ3) is 3.33. The molecule has 4 rings (SSSR count). The molecule has 0 aromatic heterocycles. The van der Waals surface area contributed by atoms with E-state index in [0.717, 1.165) is 12.8 Å². The van der Waals surface area contributed by atoms with Gasteiger partial charge >= 0.3 is 11.9 Å². The maximum atomic E-state index is 14.5. The van der Waals surface area contributed by atoms with Gasteiger partial charge in [0.15, 0.2) is 17.5 Å². The Hall–Kier alpha value is -2.03. The summed E-state index contributed by atoms with van der Waals surface area (Å²) in [7, 11) is 0. The largest absolute Gasteiger partial charge is 0.458 e. The quantitative estimate of drug-likeness (QED) is 0.274. The molecule has 0 aromatic rings. The third-order valence-corrected chi connectivity index (χ3v) is 9.58. The zero-order valence-electron chi connectivity index (χ0n) is 22.2. The summed E-state index contributed by atoms with van der Waals surface area (Å²) < 4.78 is 11.7. The van der Waals surface area contributed by atoms with Crippen molar-refractivity contribution >= 4 is 17.7 Å². The summed E-state index contributed by atoms with van der Waals surface area (Å²) in [6.07, 6.45) is 3.20. The van der Waals surface area contributed by atoms with Crippen molar-refractivity contribution in [3.8, 4) is 0 Å². The van der Waals surface area contributed by atoms with Crippen LogP contribution in [0.5, 0.6) is 0 Å². The smallest absolute Gasteiger partial charge is 0.306 e. The molecule has 8 atom stereocenters. The van der Waals surface area contributed by atoms with Gasteiger partial charge in [0.1, 0.15) is 11.7 Å². The number of Topliss-reactive ketones (excluding diaryl/α,β-unsaturated/α-hetero) is 1. The van der Waals surface area contributed by atoms with Gasteiger partial charge in [-0.05, 0) is 36.8 Å². The molecule has 36 heavy (non-hydrogen) atoms. The number of aliphatic hydroxyl groups is 3. The van der Waals surface area contributed by atoms with Crippen molar-refractivity contribution in [1.29, 1.82) is 0 Å². The second kappa shape index (κ2) is 8.77. The molecule has 0 aliphatic heterocycles. The maximum Gasteiger partial charge on any atom is 0.306 e. The van der Waals surface area contributed by atoms with E-state index in [4.69, 9.17) is 9.47 Å². The number of hydrogen-bond acceptors (Lipinski definition) is 8. The fourth-order valence-corrected chi connectivity index (χ4v) is 7.86. The molecule has 1 spiro atoms. The van der Waals surface area contributed by atoms with Gasteiger partial charge in [-0.3, -0.25) is 14.4 Å². The topological polar surface area (TPSA) is 130 Å². The minimum atomic E-state index is -2.21. The molecule has 4 aliphatic rings. The molecule has 0 heterocycles. The highest BCUT2D eigenvalue weighted by Crippen LogP contribution is 2.75. The van der Waals surface area contributed by atoms with E-state index in [2.05, 4.69) is 0 Å². The number of rotatable bonds is 7. The molecule has 4 aliphatic carbocycles. The molecule has 3 N–H and O–H groups in total. The number of fused-ring (bicyclic) bond motifs is 3. The van der Waals surface area contributed by atoms with Crippen LogP contribution in [-0.2, 0) is 23.9 Å². The van der Waals surface area contributed by atoms with E-state index in [0.29, 0.717) is 18.4 Å². The lowest BCUT2D eigenvalue weighted by Gasteiger charge is -2.49. The van der Waals surface area contributed by atoms with Gasteiger partial charge < -0.3 is 24.8 Å². The predicted octanol–water partition coefficient (Wildman–Crippen LogP) is 2.63. The van der Waals surface area contributed by atoms with Gasteiger partial charge in [0.25, 0.3) is 0 Å². The highest BCUT2D eigenvalue weighted by molar-refractivity contribution is 5.96. The lowest BCUT2D eigenvalue weighted by Crippen LogP contribution is -2.66. The number of carbonyl (C=O) groups is 3. The normalized spacial score (nSPS) is 42.2.